The van der Waals surface area contributed by atoms with Gasteiger partial charge in [0.1, 0.15) is 17.3 Å². The van der Waals surface area contributed by atoms with Crippen LogP contribution in [0.5, 0.6) is 0 Å². The van der Waals surface area contributed by atoms with Crippen LogP contribution in [0.2, 0.25) is 0 Å². The van der Waals surface area contributed by atoms with Crippen molar-refractivity contribution in [2.24, 2.45) is 5.41 Å². The molecule has 0 fully saturated rings. The van der Waals surface area contributed by atoms with Crippen molar-refractivity contribution >= 4 is 28.4 Å². The van der Waals surface area contributed by atoms with Gasteiger partial charge in [0, 0.05) is 6.07 Å². The van der Waals surface area contributed by atoms with Gasteiger partial charge >= 0.3 is 0 Å². The van der Waals surface area contributed by atoms with Crippen LogP contribution in [-0.4, -0.2) is 9.78 Å². The minimum Gasteiger partial charge on any atom is -0.383 e. The van der Waals surface area contributed by atoms with Crippen LogP contribution in [0.25, 0.3) is 5.69 Å². The molecule has 0 aliphatic carbocycles. The Bertz CT molecular complexity index is 645. The topological polar surface area (TPSA) is 43.8 Å². The molecule has 2 rings (SSSR count). The van der Waals surface area contributed by atoms with Crippen LogP contribution in [0.4, 0.5) is 14.6 Å². The number of aromatic nitrogens is 2. The van der Waals surface area contributed by atoms with Gasteiger partial charge in [0.2, 0.25) is 0 Å². The van der Waals surface area contributed by atoms with Crippen molar-refractivity contribution in [3.8, 4) is 5.69 Å². The van der Waals surface area contributed by atoms with Crippen molar-refractivity contribution in [2.75, 3.05) is 5.73 Å². The molecule has 2 N–H and O–H groups in total. The molecule has 0 amide bonds. The fraction of sp³-hybridized carbons (Fsp3) is 0.357. The summed E-state index contributed by atoms with van der Waals surface area (Å²) in [4.78, 5) is 0. The quantitative estimate of drug-likeness (QED) is 0.789. The maximum atomic E-state index is 13.8. The van der Waals surface area contributed by atoms with E-state index in [9.17, 15) is 8.78 Å². The summed E-state index contributed by atoms with van der Waals surface area (Å²) in [6.45, 7) is 6.28. The number of hydrogen-bond acceptors (Lipinski definition) is 2. The van der Waals surface area contributed by atoms with Gasteiger partial charge in [-0.05, 0) is 46.6 Å². The number of nitrogens with two attached hydrogens (primary N) is 1. The first-order valence-electron chi connectivity index (χ1n) is 6.17. The molecule has 1 aromatic heterocycles. The van der Waals surface area contributed by atoms with Gasteiger partial charge in [0.25, 0.3) is 0 Å². The van der Waals surface area contributed by atoms with Crippen LogP contribution < -0.4 is 5.73 Å². The molecule has 3 nitrogen and oxygen atoms in total. The van der Waals surface area contributed by atoms with Gasteiger partial charge in [-0.25, -0.2) is 13.5 Å². The van der Waals surface area contributed by atoms with Crippen molar-refractivity contribution in [3.05, 3.63) is 39.1 Å². The molecule has 108 valence electrons. The Labute approximate surface area is 130 Å². The highest BCUT2D eigenvalue weighted by molar-refractivity contribution is 14.1. The van der Waals surface area contributed by atoms with Crippen LogP contribution in [0.3, 0.4) is 0 Å². The molecule has 2 aromatic rings. The maximum absolute atomic E-state index is 13.8. The molecular weight excluding hydrogens is 375 g/mol. The van der Waals surface area contributed by atoms with E-state index in [1.807, 2.05) is 0 Å². The molecule has 0 unspecified atom stereocenters. The Hall–Kier alpha value is -1.18. The Balaban J connectivity index is 2.50. The van der Waals surface area contributed by atoms with Crippen LogP contribution in [0.1, 0.15) is 26.5 Å². The van der Waals surface area contributed by atoms with E-state index >= 15 is 0 Å². The van der Waals surface area contributed by atoms with E-state index in [1.165, 1.54) is 16.8 Å². The highest BCUT2D eigenvalue weighted by atomic mass is 127. The van der Waals surface area contributed by atoms with Gasteiger partial charge in [-0.2, -0.15) is 5.10 Å². The lowest BCUT2D eigenvalue weighted by molar-refractivity contribution is 0.404. The van der Waals surface area contributed by atoms with Crippen molar-refractivity contribution in [1.29, 1.82) is 0 Å². The highest BCUT2D eigenvalue weighted by Crippen LogP contribution is 2.29. The van der Waals surface area contributed by atoms with Crippen molar-refractivity contribution in [2.45, 2.75) is 27.2 Å². The lowest BCUT2D eigenvalue weighted by atomic mass is 9.91. The molecule has 0 aliphatic rings. The number of anilines is 1. The van der Waals surface area contributed by atoms with Crippen LogP contribution in [-0.2, 0) is 6.42 Å². The zero-order chi connectivity index (χ0) is 15.1. The van der Waals surface area contributed by atoms with E-state index in [-0.39, 0.29) is 11.1 Å². The van der Waals surface area contributed by atoms with Crippen molar-refractivity contribution in [1.82, 2.24) is 9.78 Å². The summed E-state index contributed by atoms with van der Waals surface area (Å²) < 4.78 is 28.9. The molecule has 6 heteroatoms. The summed E-state index contributed by atoms with van der Waals surface area (Å²) in [7, 11) is 0. The lowest BCUT2D eigenvalue weighted by Gasteiger charge is -2.16. The summed E-state index contributed by atoms with van der Waals surface area (Å²) in [5, 5.41) is 4.38. The van der Waals surface area contributed by atoms with E-state index in [0.717, 1.165) is 21.8 Å². The zero-order valence-electron chi connectivity index (χ0n) is 11.5. The number of nitrogen functional groups attached to an aromatic ring is 1. The lowest BCUT2D eigenvalue weighted by Crippen LogP contribution is -2.11. The van der Waals surface area contributed by atoms with Gasteiger partial charge in [-0.15, -0.1) is 0 Å². The molecular formula is C14H16F2IN3. The molecule has 0 atom stereocenters. The number of rotatable bonds is 2. The second-order valence-electron chi connectivity index (χ2n) is 5.89. The highest BCUT2D eigenvalue weighted by Gasteiger charge is 2.21. The normalized spacial score (nSPS) is 11.9. The average molecular weight is 391 g/mol. The third kappa shape index (κ3) is 3.11. The zero-order valence-corrected chi connectivity index (χ0v) is 13.7. The van der Waals surface area contributed by atoms with E-state index in [0.29, 0.717) is 5.82 Å². The smallest absolute Gasteiger partial charge is 0.151 e. The molecule has 0 aliphatic heterocycles. The Kier molecular flexibility index (Phi) is 4.04. The largest absolute Gasteiger partial charge is 0.383 e. The standard InChI is InChI=1S/C14H16F2IN3/c1-14(2,3)7-10-12(17)13(18)20(19-10)11-5-4-8(15)6-9(11)16/h4-6H,7,18H2,1-3H3. The van der Waals surface area contributed by atoms with Gasteiger partial charge in [-0.3, -0.25) is 0 Å². The summed E-state index contributed by atoms with van der Waals surface area (Å²) >= 11 is 2.11. The van der Waals surface area contributed by atoms with Gasteiger partial charge < -0.3 is 5.73 Å². The second kappa shape index (κ2) is 5.31. The van der Waals surface area contributed by atoms with E-state index in [2.05, 4.69) is 48.5 Å². The summed E-state index contributed by atoms with van der Waals surface area (Å²) in [6.07, 6.45) is 0.727. The molecule has 0 saturated carbocycles. The summed E-state index contributed by atoms with van der Waals surface area (Å²) in [5.74, 6) is -0.935. The SMILES string of the molecule is CC(C)(C)Cc1nn(-c2ccc(F)cc2F)c(N)c1I. The first-order chi connectivity index (χ1) is 9.19. The fourth-order valence-corrected chi connectivity index (χ4v) is 2.44. The minimum atomic E-state index is -0.682. The first kappa shape index (κ1) is 15.2. The second-order valence-corrected chi connectivity index (χ2v) is 6.97. The Morgan fingerprint density at radius 1 is 1.30 bits per heavy atom. The van der Waals surface area contributed by atoms with E-state index in [1.54, 1.807) is 0 Å². The molecule has 0 saturated heterocycles. The number of halogens is 3. The summed E-state index contributed by atoms with van der Waals surface area (Å²) in [5.41, 5.74) is 7.02. The molecule has 1 heterocycles. The van der Waals surface area contributed by atoms with E-state index < -0.39 is 11.6 Å². The third-order valence-corrected chi connectivity index (χ3v) is 3.94. The molecule has 0 bridgehead atoms. The Morgan fingerprint density at radius 3 is 2.50 bits per heavy atom. The van der Waals surface area contributed by atoms with Crippen LogP contribution in [0.15, 0.2) is 18.2 Å². The number of benzene rings is 1. The third-order valence-electron chi connectivity index (χ3n) is 2.76. The Morgan fingerprint density at radius 2 is 1.95 bits per heavy atom. The van der Waals surface area contributed by atoms with Crippen molar-refractivity contribution in [3.63, 3.8) is 0 Å². The molecule has 0 spiro atoms. The van der Waals surface area contributed by atoms with Gasteiger partial charge in [0.05, 0.1) is 9.26 Å². The number of nitrogens with zero attached hydrogens (tertiary/aromatic N) is 2. The predicted molar refractivity (Wildman–Crippen MR) is 83.8 cm³/mol. The molecule has 20 heavy (non-hydrogen) atoms. The molecule has 0 radical (unpaired) electrons. The predicted octanol–water partition coefficient (Wildman–Crippen LogP) is 3.93. The monoisotopic (exact) mass is 391 g/mol. The van der Waals surface area contributed by atoms with Crippen LogP contribution in [0, 0.1) is 20.6 Å². The van der Waals surface area contributed by atoms with Crippen molar-refractivity contribution < 1.29 is 8.78 Å². The summed E-state index contributed by atoms with van der Waals surface area (Å²) in [6, 6.07) is 3.35. The van der Waals surface area contributed by atoms with Gasteiger partial charge in [0.15, 0.2) is 5.82 Å². The first-order valence-corrected chi connectivity index (χ1v) is 7.25. The van der Waals surface area contributed by atoms with Crippen LogP contribution >= 0.6 is 22.6 Å². The van der Waals surface area contributed by atoms with E-state index in [4.69, 9.17) is 5.73 Å². The molecule has 1 aromatic carbocycles. The fourth-order valence-electron chi connectivity index (χ4n) is 1.91. The number of hydrogen-bond donors (Lipinski definition) is 1. The van der Waals surface area contributed by atoms with Gasteiger partial charge in [-0.1, -0.05) is 20.8 Å². The maximum Gasteiger partial charge on any atom is 0.151 e. The average Bonchev–Trinajstić information content (AvgIpc) is 2.56. The minimum absolute atomic E-state index is 0.0485.